The van der Waals surface area contributed by atoms with Crippen molar-refractivity contribution in [2.24, 2.45) is 4.99 Å². The number of benzene rings is 3. The highest BCUT2D eigenvalue weighted by Gasteiger charge is 2.35. The Morgan fingerprint density at radius 3 is 2.47 bits per heavy atom. The van der Waals surface area contributed by atoms with Crippen LogP contribution in [0.5, 0.6) is 0 Å². The molecule has 0 radical (unpaired) electrons. The molecule has 1 amide bonds. The average molecular weight is 497 g/mol. The van der Waals surface area contributed by atoms with Gasteiger partial charge in [0.25, 0.3) is 0 Å². The fourth-order valence-corrected chi connectivity index (χ4v) is 4.44. The first-order valence-corrected chi connectivity index (χ1v) is 13.1. The molecule has 3 N–H and O–H groups in total. The van der Waals surface area contributed by atoms with Gasteiger partial charge in [0.2, 0.25) is 15.9 Å². The molecule has 3 aromatic rings. The van der Waals surface area contributed by atoms with E-state index in [1.165, 1.54) is 0 Å². The van der Waals surface area contributed by atoms with E-state index in [2.05, 4.69) is 15.4 Å². The largest absolute Gasteiger partial charge is 0.325 e. The van der Waals surface area contributed by atoms with Gasteiger partial charge < -0.3 is 10.6 Å². The summed E-state index contributed by atoms with van der Waals surface area (Å²) in [5, 5.41) is 6.68. The Morgan fingerprint density at radius 2 is 1.76 bits per heavy atom. The summed E-state index contributed by atoms with van der Waals surface area (Å²) in [5.41, 5.74) is 4.86. The van der Waals surface area contributed by atoms with Gasteiger partial charge >= 0.3 is 0 Å². The lowest BCUT2D eigenvalue weighted by Crippen LogP contribution is -2.30. The molecule has 34 heavy (non-hydrogen) atoms. The molecular formula is C25H25ClN4O3S. The predicted octanol–water partition coefficient (Wildman–Crippen LogP) is 3.84. The second-order valence-corrected chi connectivity index (χ2v) is 10.3. The van der Waals surface area contributed by atoms with E-state index >= 15 is 0 Å². The lowest BCUT2D eigenvalue weighted by Gasteiger charge is -2.14. The number of carbonyl (C=O) groups is 1. The molecule has 9 heteroatoms. The van der Waals surface area contributed by atoms with Crippen molar-refractivity contribution in [2.45, 2.75) is 12.5 Å². The van der Waals surface area contributed by atoms with Crippen molar-refractivity contribution in [3.63, 3.8) is 0 Å². The van der Waals surface area contributed by atoms with Gasteiger partial charge in [0, 0.05) is 30.3 Å². The molecule has 0 fully saturated rings. The molecule has 4 rings (SSSR count). The summed E-state index contributed by atoms with van der Waals surface area (Å²) in [5.74, 6) is -0.679. The number of amides is 1. The normalized spacial score (nSPS) is 15.8. The minimum absolute atomic E-state index is 0.136. The number of aliphatic imine (C=N–C) groups is 1. The lowest BCUT2D eigenvalue weighted by molar-refractivity contribution is -0.115. The number of rotatable bonds is 9. The molecule has 1 unspecified atom stereocenters. The molecule has 3 aromatic carbocycles. The molecule has 0 saturated carbocycles. The van der Waals surface area contributed by atoms with Crippen molar-refractivity contribution in [3.8, 4) is 0 Å². The number of fused-ring (bicyclic) bond motifs is 1. The second kappa shape index (κ2) is 10.5. The Hall–Kier alpha value is -3.04. The Balaban J connectivity index is 1.55. The van der Waals surface area contributed by atoms with E-state index in [9.17, 15) is 13.2 Å². The van der Waals surface area contributed by atoms with Gasteiger partial charge in [-0.3, -0.25) is 9.79 Å². The fourth-order valence-electron chi connectivity index (χ4n) is 3.80. The van der Waals surface area contributed by atoms with Crippen LogP contribution in [0.3, 0.4) is 0 Å². The van der Waals surface area contributed by atoms with E-state index in [1.54, 1.807) is 12.1 Å². The first kappa shape index (κ1) is 24.1. The number of sulfonamides is 1. The van der Waals surface area contributed by atoms with Gasteiger partial charge in [0.1, 0.15) is 5.92 Å². The Kier molecular flexibility index (Phi) is 7.43. The van der Waals surface area contributed by atoms with Crippen LogP contribution < -0.4 is 15.4 Å². The minimum atomic E-state index is -3.18. The van der Waals surface area contributed by atoms with E-state index in [0.717, 1.165) is 28.6 Å². The van der Waals surface area contributed by atoms with Gasteiger partial charge in [-0.2, -0.15) is 0 Å². The zero-order valence-electron chi connectivity index (χ0n) is 18.6. The Bertz CT molecular complexity index is 1310. The summed E-state index contributed by atoms with van der Waals surface area (Å²) >= 11 is 6.12. The van der Waals surface area contributed by atoms with Crippen LogP contribution in [-0.2, 0) is 21.4 Å². The minimum Gasteiger partial charge on any atom is -0.325 e. The van der Waals surface area contributed by atoms with Gasteiger partial charge in [-0.15, -0.1) is 0 Å². The molecule has 0 aromatic heterocycles. The summed E-state index contributed by atoms with van der Waals surface area (Å²) in [7, 11) is -3.18. The second-order valence-electron chi connectivity index (χ2n) is 8.03. The molecule has 176 valence electrons. The van der Waals surface area contributed by atoms with Gasteiger partial charge in [0.15, 0.2) is 0 Å². The number of nitrogens with one attached hydrogen (secondary N) is 3. The zero-order chi connectivity index (χ0) is 24.1. The maximum atomic E-state index is 12.9. The van der Waals surface area contributed by atoms with Gasteiger partial charge in [0.05, 0.1) is 17.7 Å². The molecule has 1 heterocycles. The van der Waals surface area contributed by atoms with Crippen LogP contribution >= 0.6 is 11.6 Å². The fraction of sp³-hybridized carbons (Fsp3) is 0.200. The maximum absolute atomic E-state index is 12.9. The van der Waals surface area contributed by atoms with Crippen LogP contribution in [0.2, 0.25) is 5.02 Å². The third-order valence-electron chi connectivity index (χ3n) is 5.37. The summed E-state index contributed by atoms with van der Waals surface area (Å²) < 4.78 is 24.7. The Morgan fingerprint density at radius 1 is 1.03 bits per heavy atom. The van der Waals surface area contributed by atoms with E-state index in [1.807, 2.05) is 60.7 Å². The molecule has 0 bridgehead atoms. The Labute approximate surface area is 204 Å². The van der Waals surface area contributed by atoms with Crippen molar-refractivity contribution < 1.29 is 13.2 Å². The monoisotopic (exact) mass is 496 g/mol. The van der Waals surface area contributed by atoms with E-state index < -0.39 is 15.9 Å². The van der Waals surface area contributed by atoms with Crippen LogP contribution in [0.25, 0.3) is 0 Å². The van der Waals surface area contributed by atoms with Crippen LogP contribution in [0.15, 0.2) is 77.8 Å². The number of anilines is 1. The van der Waals surface area contributed by atoms with Gasteiger partial charge in [-0.05, 0) is 41.0 Å². The third-order valence-corrected chi connectivity index (χ3v) is 6.33. The third kappa shape index (κ3) is 6.09. The highest BCUT2D eigenvalue weighted by Crippen LogP contribution is 2.37. The van der Waals surface area contributed by atoms with Crippen LogP contribution in [0.1, 0.15) is 22.6 Å². The van der Waals surface area contributed by atoms with E-state index in [0.29, 0.717) is 36.1 Å². The van der Waals surface area contributed by atoms with Crippen molar-refractivity contribution in [1.82, 2.24) is 10.0 Å². The number of nitrogens with zero attached hydrogens (tertiary/aromatic N) is 1. The molecular weight excluding hydrogens is 472 g/mol. The van der Waals surface area contributed by atoms with Gasteiger partial charge in [-0.25, -0.2) is 13.1 Å². The summed E-state index contributed by atoms with van der Waals surface area (Å²) in [6.45, 7) is 1.45. The summed E-state index contributed by atoms with van der Waals surface area (Å²) in [6.07, 6.45) is 1.14. The molecule has 1 aliphatic heterocycles. The number of hydrogen-bond donors (Lipinski definition) is 3. The first-order chi connectivity index (χ1) is 16.3. The molecule has 0 aliphatic carbocycles. The molecule has 1 atom stereocenters. The zero-order valence-corrected chi connectivity index (χ0v) is 20.2. The molecule has 0 saturated heterocycles. The summed E-state index contributed by atoms with van der Waals surface area (Å²) in [4.78, 5) is 17.8. The quantitative estimate of drug-likeness (QED) is 0.309. The smallest absolute Gasteiger partial charge is 0.238 e. The lowest BCUT2D eigenvalue weighted by atomic mass is 9.90. The molecule has 0 spiro atoms. The van der Waals surface area contributed by atoms with Crippen molar-refractivity contribution in [2.75, 3.05) is 24.7 Å². The number of hydrogen-bond acceptors (Lipinski definition) is 5. The van der Waals surface area contributed by atoms with E-state index in [4.69, 9.17) is 16.6 Å². The standard InChI is InChI=1S/C25H25ClN4O3S/c1-34(32,33)28-14-13-27-16-17-7-10-20(11-8-17)29-24(18-5-3-2-4-6-18)23-21-12-9-19(26)15-22(21)30-25(23)31/h2-12,15,23,27-28H,13-14,16H2,1H3,(H,30,31). The number of halogens is 1. The van der Waals surface area contributed by atoms with Gasteiger partial charge in [-0.1, -0.05) is 60.1 Å². The van der Waals surface area contributed by atoms with Crippen molar-refractivity contribution in [3.05, 3.63) is 94.5 Å². The predicted molar refractivity (Wildman–Crippen MR) is 136 cm³/mol. The SMILES string of the molecule is CS(=O)(=O)NCCNCc1ccc(N=C(c2ccccc2)C2C(=O)Nc3cc(Cl)ccc32)cc1. The van der Waals surface area contributed by atoms with Crippen molar-refractivity contribution >= 4 is 44.6 Å². The van der Waals surface area contributed by atoms with Crippen LogP contribution in [0, 0.1) is 0 Å². The first-order valence-electron chi connectivity index (χ1n) is 10.8. The molecule has 7 nitrogen and oxygen atoms in total. The van der Waals surface area contributed by atoms with Crippen LogP contribution in [-0.4, -0.2) is 39.4 Å². The summed E-state index contributed by atoms with van der Waals surface area (Å²) in [6, 6.07) is 22.8. The molecule has 1 aliphatic rings. The van der Waals surface area contributed by atoms with Crippen LogP contribution in [0.4, 0.5) is 11.4 Å². The topological polar surface area (TPSA) is 99.7 Å². The highest BCUT2D eigenvalue weighted by atomic mass is 35.5. The highest BCUT2D eigenvalue weighted by molar-refractivity contribution is 7.88. The van der Waals surface area contributed by atoms with Crippen molar-refractivity contribution in [1.29, 1.82) is 0 Å². The average Bonchev–Trinajstić information content (AvgIpc) is 3.12. The number of carbonyl (C=O) groups excluding carboxylic acids is 1. The maximum Gasteiger partial charge on any atom is 0.238 e. The van der Waals surface area contributed by atoms with E-state index in [-0.39, 0.29) is 5.91 Å².